The average Bonchev–Trinajstić information content (AvgIpc) is 3.36. The summed E-state index contributed by atoms with van der Waals surface area (Å²) in [5, 5.41) is 11.1. The van der Waals surface area contributed by atoms with Gasteiger partial charge in [-0.2, -0.15) is 4.98 Å². The molecule has 5 rings (SSSR count). The van der Waals surface area contributed by atoms with Gasteiger partial charge in [-0.15, -0.1) is 5.10 Å². The van der Waals surface area contributed by atoms with E-state index in [-0.39, 0.29) is 5.91 Å². The lowest BCUT2D eigenvalue weighted by Gasteiger charge is -2.29. The van der Waals surface area contributed by atoms with Crippen molar-refractivity contribution in [1.82, 2.24) is 14.8 Å². The van der Waals surface area contributed by atoms with Crippen LogP contribution in [0.2, 0.25) is 0 Å². The van der Waals surface area contributed by atoms with Crippen molar-refractivity contribution >= 4 is 17.5 Å². The van der Waals surface area contributed by atoms with Crippen molar-refractivity contribution in [3.8, 4) is 28.6 Å². The molecule has 1 aliphatic heterocycles. The first-order valence-corrected chi connectivity index (χ1v) is 11.7. The Bertz CT molecular complexity index is 1480. The number of nitrogens with zero attached hydrogens (tertiary/aromatic N) is 3. The van der Waals surface area contributed by atoms with Crippen LogP contribution in [0.1, 0.15) is 18.5 Å². The van der Waals surface area contributed by atoms with Crippen LogP contribution in [0.3, 0.4) is 0 Å². The number of amides is 1. The Morgan fingerprint density at radius 1 is 0.919 bits per heavy atom. The van der Waals surface area contributed by atoms with Gasteiger partial charge in [-0.25, -0.2) is 4.68 Å². The largest absolute Gasteiger partial charge is 0.497 e. The van der Waals surface area contributed by atoms with Crippen LogP contribution in [0, 0.1) is 0 Å². The molecule has 2 N–H and O–H groups in total. The zero-order valence-corrected chi connectivity index (χ0v) is 21.0. The first kappa shape index (κ1) is 23.9. The molecule has 188 valence electrons. The summed E-state index contributed by atoms with van der Waals surface area (Å²) in [6, 6.07) is 21.9. The van der Waals surface area contributed by atoms with E-state index in [1.807, 2.05) is 79.7 Å². The fraction of sp³-hybridized carbons (Fsp3) is 0.179. The van der Waals surface area contributed by atoms with Crippen LogP contribution in [-0.4, -0.2) is 42.0 Å². The lowest BCUT2D eigenvalue weighted by atomic mass is 9.94. The Labute approximate surface area is 214 Å². The summed E-state index contributed by atoms with van der Waals surface area (Å²) in [6.07, 6.45) is 0. The molecule has 9 nitrogen and oxygen atoms in total. The van der Waals surface area contributed by atoms with Crippen LogP contribution in [0.25, 0.3) is 11.4 Å². The maximum absolute atomic E-state index is 13.7. The first-order valence-electron chi connectivity index (χ1n) is 11.7. The monoisotopic (exact) mass is 497 g/mol. The lowest BCUT2D eigenvalue weighted by molar-refractivity contribution is -0.113. The number of methoxy groups -OCH3 is 3. The van der Waals surface area contributed by atoms with E-state index in [0.29, 0.717) is 46.0 Å². The molecule has 37 heavy (non-hydrogen) atoms. The van der Waals surface area contributed by atoms with Crippen LogP contribution in [0.15, 0.2) is 84.1 Å². The summed E-state index contributed by atoms with van der Waals surface area (Å²) < 4.78 is 18.1. The number of para-hydroxylation sites is 1. The second kappa shape index (κ2) is 10.1. The van der Waals surface area contributed by atoms with Crippen LogP contribution in [-0.2, 0) is 4.79 Å². The number of allylic oxidation sites excluding steroid dienone is 1. The van der Waals surface area contributed by atoms with Gasteiger partial charge < -0.3 is 24.8 Å². The number of carbonyl (C=O) groups is 1. The zero-order valence-electron chi connectivity index (χ0n) is 21.0. The molecule has 0 fully saturated rings. The van der Waals surface area contributed by atoms with Gasteiger partial charge in [0.1, 0.15) is 11.8 Å². The predicted molar refractivity (Wildman–Crippen MR) is 141 cm³/mol. The Kier molecular flexibility index (Phi) is 6.51. The van der Waals surface area contributed by atoms with Crippen molar-refractivity contribution in [1.29, 1.82) is 0 Å². The van der Waals surface area contributed by atoms with E-state index in [2.05, 4.69) is 10.6 Å². The third-order valence-corrected chi connectivity index (χ3v) is 6.18. The molecule has 1 unspecified atom stereocenters. The van der Waals surface area contributed by atoms with Crippen molar-refractivity contribution in [3.63, 3.8) is 0 Å². The maximum Gasteiger partial charge on any atom is 0.255 e. The van der Waals surface area contributed by atoms with Gasteiger partial charge in [-0.05, 0) is 48.9 Å². The number of hydrogen-bond acceptors (Lipinski definition) is 7. The molecule has 1 aliphatic rings. The third-order valence-electron chi connectivity index (χ3n) is 6.18. The Hall–Kier alpha value is -4.79. The number of carbonyl (C=O) groups excluding carboxylic acids is 1. The standard InChI is InChI=1S/C28H27N5O4/c1-17-24(27(34)30-20-10-6-5-7-11-20)25(18-13-14-22(36-3)23(16-18)37-4)33-28(29-17)31-26(32-33)19-9-8-12-21(15-19)35-2/h5-16,25H,1-4H3,(H,30,34)(H,29,31,32). The molecular formula is C28H27N5O4. The molecule has 2 heterocycles. The summed E-state index contributed by atoms with van der Waals surface area (Å²) >= 11 is 0. The molecule has 1 amide bonds. The van der Waals surface area contributed by atoms with Crippen LogP contribution in [0.5, 0.6) is 17.2 Å². The van der Waals surface area contributed by atoms with Crippen molar-refractivity contribution in [3.05, 3.63) is 89.6 Å². The number of hydrogen-bond donors (Lipinski definition) is 2. The molecule has 0 radical (unpaired) electrons. The third kappa shape index (κ3) is 4.58. The van der Waals surface area contributed by atoms with Gasteiger partial charge in [0.2, 0.25) is 5.95 Å². The number of benzene rings is 3. The SMILES string of the molecule is COc1cccc(-c2nc3n(n2)C(c2ccc(OC)c(OC)c2)C(C(=O)Nc2ccccc2)=C(C)N3)c1. The highest BCUT2D eigenvalue weighted by Crippen LogP contribution is 2.40. The van der Waals surface area contributed by atoms with Crippen LogP contribution < -0.4 is 24.8 Å². The summed E-state index contributed by atoms with van der Waals surface area (Å²) in [7, 11) is 4.78. The van der Waals surface area contributed by atoms with Gasteiger partial charge in [0.05, 0.1) is 26.9 Å². The van der Waals surface area contributed by atoms with E-state index in [1.165, 1.54) is 0 Å². The summed E-state index contributed by atoms with van der Waals surface area (Å²) in [6.45, 7) is 1.86. The molecule has 1 aromatic heterocycles. The second-order valence-corrected chi connectivity index (χ2v) is 8.44. The van der Waals surface area contributed by atoms with E-state index in [1.54, 1.807) is 26.0 Å². The minimum Gasteiger partial charge on any atom is -0.497 e. The molecule has 0 saturated heterocycles. The van der Waals surface area contributed by atoms with Gasteiger partial charge in [0.25, 0.3) is 5.91 Å². The average molecular weight is 498 g/mol. The number of ether oxygens (including phenoxy) is 3. The highest BCUT2D eigenvalue weighted by atomic mass is 16.5. The second-order valence-electron chi connectivity index (χ2n) is 8.44. The number of rotatable bonds is 7. The van der Waals surface area contributed by atoms with E-state index in [4.69, 9.17) is 24.3 Å². The number of fused-ring (bicyclic) bond motifs is 1. The molecule has 9 heteroatoms. The zero-order chi connectivity index (χ0) is 25.9. The van der Waals surface area contributed by atoms with Crippen molar-refractivity contribution in [2.45, 2.75) is 13.0 Å². The molecule has 3 aromatic carbocycles. The van der Waals surface area contributed by atoms with Crippen LogP contribution in [0.4, 0.5) is 11.6 Å². The van der Waals surface area contributed by atoms with Gasteiger partial charge >= 0.3 is 0 Å². The predicted octanol–water partition coefficient (Wildman–Crippen LogP) is 4.90. The number of aromatic nitrogens is 3. The van der Waals surface area contributed by atoms with Crippen molar-refractivity contribution in [2.75, 3.05) is 32.0 Å². The molecule has 0 spiro atoms. The molecule has 1 atom stereocenters. The smallest absolute Gasteiger partial charge is 0.255 e. The van der Waals surface area contributed by atoms with Crippen LogP contribution >= 0.6 is 0 Å². The van der Waals surface area contributed by atoms with E-state index >= 15 is 0 Å². The highest BCUT2D eigenvalue weighted by Gasteiger charge is 2.35. The van der Waals surface area contributed by atoms with Gasteiger partial charge in [0, 0.05) is 16.9 Å². The Balaban J connectivity index is 1.63. The van der Waals surface area contributed by atoms with E-state index in [0.717, 1.165) is 11.1 Å². The van der Waals surface area contributed by atoms with Gasteiger partial charge in [-0.1, -0.05) is 36.4 Å². The quantitative estimate of drug-likeness (QED) is 0.375. The Morgan fingerprint density at radius 2 is 1.70 bits per heavy atom. The Morgan fingerprint density at radius 3 is 2.43 bits per heavy atom. The van der Waals surface area contributed by atoms with Gasteiger partial charge in [-0.3, -0.25) is 4.79 Å². The molecular weight excluding hydrogens is 470 g/mol. The maximum atomic E-state index is 13.7. The van der Waals surface area contributed by atoms with Crippen molar-refractivity contribution in [2.24, 2.45) is 0 Å². The minimum atomic E-state index is -0.577. The highest BCUT2D eigenvalue weighted by molar-refractivity contribution is 6.06. The molecule has 0 saturated carbocycles. The molecule has 0 aliphatic carbocycles. The first-order chi connectivity index (χ1) is 18.0. The van der Waals surface area contributed by atoms with E-state index < -0.39 is 6.04 Å². The minimum absolute atomic E-state index is 0.250. The number of nitrogens with one attached hydrogen (secondary N) is 2. The lowest BCUT2D eigenvalue weighted by Crippen LogP contribution is -2.31. The van der Waals surface area contributed by atoms with Gasteiger partial charge in [0.15, 0.2) is 17.3 Å². The normalized spacial score (nSPS) is 14.4. The van der Waals surface area contributed by atoms with E-state index in [9.17, 15) is 4.79 Å². The summed E-state index contributed by atoms with van der Waals surface area (Å²) in [4.78, 5) is 18.4. The topological polar surface area (TPSA) is 99.5 Å². The molecule has 0 bridgehead atoms. The fourth-order valence-electron chi connectivity index (χ4n) is 4.38. The van der Waals surface area contributed by atoms with Crippen molar-refractivity contribution < 1.29 is 19.0 Å². The summed E-state index contributed by atoms with van der Waals surface area (Å²) in [5.74, 6) is 2.61. The summed E-state index contributed by atoms with van der Waals surface area (Å²) in [5.41, 5.74) is 3.46. The molecule has 4 aromatic rings. The number of anilines is 2. The fourth-order valence-corrected chi connectivity index (χ4v) is 4.38.